The van der Waals surface area contributed by atoms with E-state index in [2.05, 4.69) is 196 Å². The third-order valence-corrected chi connectivity index (χ3v) is 13.7. The fourth-order valence-corrected chi connectivity index (χ4v) is 11.3. The molecule has 10 aromatic carbocycles. The van der Waals surface area contributed by atoms with Crippen molar-refractivity contribution in [2.24, 2.45) is 0 Å². The first-order valence-corrected chi connectivity index (χ1v) is 20.4. The molecule has 56 heavy (non-hydrogen) atoms. The standard InChI is InChI=1S/C55H36S/c1-55(2)48-23-13-12-18-40(48)46-32-45(54-52(53(46)55)47-30-34-16-6-7-17-35(34)31-49(47)56-54)38-26-24-37-29-39(27-25-36(37)28-38)51-43-21-10-8-19-41(43)50(33-14-4-3-5-15-33)42-20-9-11-22-44(42)51/h3-32H,1-2H3. The summed E-state index contributed by atoms with van der Waals surface area (Å²) in [5.74, 6) is 0. The number of thiophene rings is 1. The molecule has 0 atom stereocenters. The van der Waals surface area contributed by atoms with Gasteiger partial charge in [0.1, 0.15) is 0 Å². The predicted octanol–water partition coefficient (Wildman–Crippen LogP) is 16.0. The highest BCUT2D eigenvalue weighted by molar-refractivity contribution is 7.26. The molecule has 0 bridgehead atoms. The topological polar surface area (TPSA) is 0 Å². The third-order valence-electron chi connectivity index (χ3n) is 12.6. The minimum absolute atomic E-state index is 0.101. The van der Waals surface area contributed by atoms with Crippen LogP contribution in [-0.4, -0.2) is 0 Å². The fraction of sp³-hybridized carbons (Fsp3) is 0.0545. The zero-order valence-corrected chi connectivity index (χ0v) is 32.0. The SMILES string of the molecule is CC1(C)c2ccccc2-c2cc(-c3ccc4cc(-c5c6ccccc6c(-c6ccccc6)c6ccccc56)ccc4c3)c3sc4cc5ccccc5cc4c3c21. The van der Waals surface area contributed by atoms with Crippen LogP contribution in [0.4, 0.5) is 0 Å². The Hall–Kier alpha value is -6.54. The van der Waals surface area contributed by atoms with Gasteiger partial charge in [0, 0.05) is 31.2 Å². The van der Waals surface area contributed by atoms with Crippen molar-refractivity contribution >= 4 is 74.6 Å². The van der Waals surface area contributed by atoms with Crippen LogP contribution in [0.25, 0.3) is 108 Å². The molecule has 0 saturated heterocycles. The van der Waals surface area contributed by atoms with Gasteiger partial charge in [-0.25, -0.2) is 0 Å². The molecule has 0 aliphatic heterocycles. The normalized spacial score (nSPS) is 13.3. The molecule has 1 heteroatoms. The lowest BCUT2D eigenvalue weighted by Crippen LogP contribution is -2.15. The van der Waals surface area contributed by atoms with Crippen LogP contribution in [0.2, 0.25) is 0 Å². The molecule has 0 amide bonds. The Labute approximate surface area is 329 Å². The summed E-state index contributed by atoms with van der Waals surface area (Å²) < 4.78 is 2.73. The van der Waals surface area contributed by atoms with Crippen LogP contribution in [0, 0.1) is 0 Å². The van der Waals surface area contributed by atoms with Gasteiger partial charge in [-0.3, -0.25) is 0 Å². The zero-order chi connectivity index (χ0) is 37.1. The molecule has 0 radical (unpaired) electrons. The predicted molar refractivity (Wildman–Crippen MR) is 243 cm³/mol. The van der Waals surface area contributed by atoms with Crippen molar-refractivity contribution in [3.63, 3.8) is 0 Å². The summed E-state index contributed by atoms with van der Waals surface area (Å²) in [5.41, 5.74) is 13.2. The molecule has 0 N–H and O–H groups in total. The van der Waals surface area contributed by atoms with E-state index >= 15 is 0 Å². The molecule has 262 valence electrons. The number of rotatable bonds is 3. The molecule has 12 rings (SSSR count). The van der Waals surface area contributed by atoms with Gasteiger partial charge in [0.15, 0.2) is 0 Å². The molecule has 1 aromatic heterocycles. The average molecular weight is 729 g/mol. The quantitative estimate of drug-likeness (QED) is 0.159. The summed E-state index contributed by atoms with van der Waals surface area (Å²) in [4.78, 5) is 0. The Morgan fingerprint density at radius 1 is 0.375 bits per heavy atom. The second-order valence-electron chi connectivity index (χ2n) is 16.0. The smallest absolute Gasteiger partial charge is 0.0437 e. The number of benzene rings is 10. The molecule has 1 aliphatic carbocycles. The first-order chi connectivity index (χ1) is 27.5. The van der Waals surface area contributed by atoms with E-state index in [1.807, 2.05) is 11.3 Å². The van der Waals surface area contributed by atoms with Crippen molar-refractivity contribution in [2.45, 2.75) is 19.3 Å². The summed E-state index contributed by atoms with van der Waals surface area (Å²) in [7, 11) is 0. The van der Waals surface area contributed by atoms with E-state index in [1.165, 1.54) is 119 Å². The second kappa shape index (κ2) is 11.7. The number of hydrogen-bond donors (Lipinski definition) is 0. The Morgan fingerprint density at radius 3 is 1.61 bits per heavy atom. The van der Waals surface area contributed by atoms with Crippen molar-refractivity contribution in [3.05, 3.63) is 193 Å². The summed E-state index contributed by atoms with van der Waals surface area (Å²) in [5, 5.41) is 13.0. The highest BCUT2D eigenvalue weighted by atomic mass is 32.1. The van der Waals surface area contributed by atoms with Crippen LogP contribution in [0.3, 0.4) is 0 Å². The fourth-order valence-electron chi connectivity index (χ4n) is 10.0. The maximum Gasteiger partial charge on any atom is 0.0437 e. The monoisotopic (exact) mass is 728 g/mol. The first kappa shape index (κ1) is 31.8. The molecule has 1 heterocycles. The minimum atomic E-state index is -0.101. The summed E-state index contributed by atoms with van der Waals surface area (Å²) in [6.45, 7) is 4.83. The van der Waals surface area contributed by atoms with Crippen LogP contribution in [0.15, 0.2) is 182 Å². The molecular weight excluding hydrogens is 693 g/mol. The molecular formula is C55H36S. The van der Waals surface area contributed by atoms with Gasteiger partial charge < -0.3 is 0 Å². The largest absolute Gasteiger partial charge is 0.134 e. The van der Waals surface area contributed by atoms with Gasteiger partial charge in [-0.1, -0.05) is 166 Å². The number of hydrogen-bond acceptors (Lipinski definition) is 1. The average Bonchev–Trinajstić information content (AvgIpc) is 3.72. The van der Waals surface area contributed by atoms with Gasteiger partial charge in [0.25, 0.3) is 0 Å². The van der Waals surface area contributed by atoms with Crippen LogP contribution in [0.1, 0.15) is 25.0 Å². The van der Waals surface area contributed by atoms with Crippen molar-refractivity contribution in [1.29, 1.82) is 0 Å². The van der Waals surface area contributed by atoms with Gasteiger partial charge in [-0.2, -0.15) is 0 Å². The Bertz CT molecular complexity index is 3380. The highest BCUT2D eigenvalue weighted by Gasteiger charge is 2.38. The molecule has 0 nitrogen and oxygen atoms in total. The molecule has 0 unspecified atom stereocenters. The molecule has 0 fully saturated rings. The first-order valence-electron chi connectivity index (χ1n) is 19.6. The molecule has 0 spiro atoms. The van der Waals surface area contributed by atoms with Gasteiger partial charge in [0.2, 0.25) is 0 Å². The van der Waals surface area contributed by atoms with Gasteiger partial charge in [0.05, 0.1) is 0 Å². The van der Waals surface area contributed by atoms with Crippen molar-refractivity contribution in [2.75, 3.05) is 0 Å². The van der Waals surface area contributed by atoms with Gasteiger partial charge in [-0.05, 0) is 123 Å². The van der Waals surface area contributed by atoms with Crippen LogP contribution < -0.4 is 0 Å². The third kappa shape index (κ3) is 4.47. The van der Waals surface area contributed by atoms with E-state index in [9.17, 15) is 0 Å². The van der Waals surface area contributed by atoms with E-state index in [0.717, 1.165) is 0 Å². The Kier molecular flexibility index (Phi) is 6.66. The lowest BCUT2D eigenvalue weighted by Gasteiger charge is -2.23. The Morgan fingerprint density at radius 2 is 0.911 bits per heavy atom. The van der Waals surface area contributed by atoms with E-state index in [-0.39, 0.29) is 5.41 Å². The van der Waals surface area contributed by atoms with Crippen LogP contribution in [-0.2, 0) is 5.41 Å². The van der Waals surface area contributed by atoms with Crippen molar-refractivity contribution in [3.8, 4) is 44.5 Å². The maximum absolute atomic E-state index is 2.50. The number of fused-ring (bicyclic) bond motifs is 11. The van der Waals surface area contributed by atoms with Gasteiger partial charge in [-0.15, -0.1) is 11.3 Å². The molecule has 0 saturated carbocycles. The summed E-state index contributed by atoms with van der Waals surface area (Å²) in [6.07, 6.45) is 0. The van der Waals surface area contributed by atoms with E-state index in [4.69, 9.17) is 0 Å². The second-order valence-corrected chi connectivity index (χ2v) is 17.1. The maximum atomic E-state index is 2.50. The van der Waals surface area contributed by atoms with Crippen LogP contribution >= 0.6 is 11.3 Å². The van der Waals surface area contributed by atoms with E-state index < -0.39 is 0 Å². The zero-order valence-electron chi connectivity index (χ0n) is 31.2. The molecule has 11 aromatic rings. The van der Waals surface area contributed by atoms with Crippen molar-refractivity contribution in [1.82, 2.24) is 0 Å². The van der Waals surface area contributed by atoms with E-state index in [0.29, 0.717) is 0 Å². The van der Waals surface area contributed by atoms with Crippen molar-refractivity contribution < 1.29 is 0 Å². The summed E-state index contributed by atoms with van der Waals surface area (Å²) >= 11 is 1.95. The van der Waals surface area contributed by atoms with E-state index in [1.54, 1.807) is 0 Å². The Balaban J connectivity index is 1.08. The van der Waals surface area contributed by atoms with Gasteiger partial charge >= 0.3 is 0 Å². The molecule has 1 aliphatic rings. The highest BCUT2D eigenvalue weighted by Crippen LogP contribution is 2.56. The lowest BCUT2D eigenvalue weighted by atomic mass is 9.79. The lowest BCUT2D eigenvalue weighted by molar-refractivity contribution is 0.667. The minimum Gasteiger partial charge on any atom is -0.134 e. The van der Waals surface area contributed by atoms with Crippen LogP contribution in [0.5, 0.6) is 0 Å². The summed E-state index contributed by atoms with van der Waals surface area (Å²) in [6, 6.07) is 68.1.